The van der Waals surface area contributed by atoms with E-state index in [0.717, 1.165) is 59.2 Å². The maximum atomic E-state index is 13.0. The van der Waals surface area contributed by atoms with Crippen LogP contribution in [0.5, 0.6) is 5.88 Å². The van der Waals surface area contributed by atoms with Gasteiger partial charge in [0.15, 0.2) is 0 Å². The van der Waals surface area contributed by atoms with E-state index in [0.29, 0.717) is 51.0 Å². The number of anilines is 2. The van der Waals surface area contributed by atoms with Gasteiger partial charge in [-0.05, 0) is 56.5 Å². The monoisotopic (exact) mass is 701 g/mol. The molecule has 13 heteroatoms. The third-order valence-corrected chi connectivity index (χ3v) is 9.79. The van der Waals surface area contributed by atoms with Crippen LogP contribution >= 0.6 is 23.2 Å². The number of fused-ring (bicyclic) bond motifs is 2. The third kappa shape index (κ3) is 6.66. The molecule has 3 N–H and O–H groups in total. The summed E-state index contributed by atoms with van der Waals surface area (Å²) in [4.78, 5) is 45.2. The van der Waals surface area contributed by atoms with Gasteiger partial charge in [0.1, 0.15) is 11.2 Å². The van der Waals surface area contributed by atoms with Crippen LogP contribution in [0, 0.1) is 0 Å². The molecule has 1 saturated heterocycles. The lowest BCUT2D eigenvalue weighted by Gasteiger charge is -2.16. The van der Waals surface area contributed by atoms with E-state index in [4.69, 9.17) is 32.9 Å². The summed E-state index contributed by atoms with van der Waals surface area (Å²) in [5.41, 5.74) is 5.49. The van der Waals surface area contributed by atoms with Crippen LogP contribution in [-0.4, -0.2) is 51.8 Å². The van der Waals surface area contributed by atoms with Gasteiger partial charge in [-0.25, -0.2) is 14.8 Å². The standard InChI is InChI=1S/C30H25Cl2N5O3.C6H12N2O/c1-36-23-13-14-33-27(24(23)29(38)37(2)30(36)39)34-21-12-6-10-19(26(21)32)18-9-5-11-20(25(18)31)22-15-16-7-4-8-17(16)28(35-22)40-3;1-7-4-5-2-3-6(9)8-5/h5-6,9-15H,4,7-8H2,1-3H3,(H,33,34);5,7H,2-4H2,1H3,(H,8,9). The van der Waals surface area contributed by atoms with Crippen molar-refractivity contribution in [2.75, 3.05) is 26.0 Å². The van der Waals surface area contributed by atoms with Crippen LogP contribution < -0.4 is 31.9 Å². The van der Waals surface area contributed by atoms with Gasteiger partial charge in [-0.3, -0.25) is 18.7 Å². The molecular weight excluding hydrogens is 665 g/mol. The molecule has 1 atom stereocenters. The molecule has 5 aromatic rings. The molecule has 0 spiro atoms. The summed E-state index contributed by atoms with van der Waals surface area (Å²) >= 11 is 14.0. The number of aryl methyl sites for hydroxylation is 2. The van der Waals surface area contributed by atoms with Crippen molar-refractivity contribution in [2.45, 2.75) is 38.1 Å². The number of carbonyl (C=O) groups is 1. The Morgan fingerprint density at radius 1 is 0.959 bits per heavy atom. The summed E-state index contributed by atoms with van der Waals surface area (Å²) in [6.07, 6.45) is 6.25. The van der Waals surface area contributed by atoms with Crippen molar-refractivity contribution in [1.82, 2.24) is 29.7 Å². The number of nitrogens with one attached hydrogen (secondary N) is 3. The quantitative estimate of drug-likeness (QED) is 0.206. The van der Waals surface area contributed by atoms with E-state index in [1.165, 1.54) is 17.2 Å². The maximum absolute atomic E-state index is 13.0. The van der Waals surface area contributed by atoms with Gasteiger partial charge in [0.2, 0.25) is 11.8 Å². The lowest BCUT2D eigenvalue weighted by atomic mass is 9.99. The summed E-state index contributed by atoms with van der Waals surface area (Å²) in [5, 5.41) is 10.3. The minimum absolute atomic E-state index is 0.190. The fourth-order valence-corrected chi connectivity index (χ4v) is 7.05. The molecule has 1 fully saturated rings. The van der Waals surface area contributed by atoms with Gasteiger partial charge in [-0.1, -0.05) is 53.5 Å². The van der Waals surface area contributed by atoms with Gasteiger partial charge in [0.05, 0.1) is 34.1 Å². The second kappa shape index (κ2) is 14.4. The highest BCUT2D eigenvalue weighted by Gasteiger charge is 2.22. The van der Waals surface area contributed by atoms with E-state index in [1.807, 2.05) is 37.4 Å². The van der Waals surface area contributed by atoms with Crippen molar-refractivity contribution in [1.29, 1.82) is 0 Å². The van der Waals surface area contributed by atoms with Gasteiger partial charge < -0.3 is 20.7 Å². The molecule has 0 saturated carbocycles. The Labute approximate surface area is 293 Å². The van der Waals surface area contributed by atoms with Gasteiger partial charge in [0.25, 0.3) is 5.56 Å². The summed E-state index contributed by atoms with van der Waals surface area (Å²) in [7, 11) is 6.59. The predicted molar refractivity (Wildman–Crippen MR) is 194 cm³/mol. The molecule has 1 amide bonds. The van der Waals surface area contributed by atoms with Crippen molar-refractivity contribution in [2.24, 2.45) is 14.1 Å². The predicted octanol–water partition coefficient (Wildman–Crippen LogP) is 5.39. The number of amides is 1. The number of nitrogens with zero attached hydrogens (tertiary/aromatic N) is 4. The number of hydrogen-bond donors (Lipinski definition) is 3. The Balaban J connectivity index is 0.000000403. The van der Waals surface area contributed by atoms with Gasteiger partial charge in [0, 0.05) is 61.6 Å². The van der Waals surface area contributed by atoms with E-state index in [1.54, 1.807) is 32.5 Å². The van der Waals surface area contributed by atoms with Gasteiger partial charge in [-0.15, -0.1) is 0 Å². The highest BCUT2D eigenvalue weighted by atomic mass is 35.5. The summed E-state index contributed by atoms with van der Waals surface area (Å²) in [6.45, 7) is 0.895. The Morgan fingerprint density at radius 3 is 2.41 bits per heavy atom. The average molecular weight is 703 g/mol. The SMILES string of the molecule is CNCC1CCC(=O)N1.COc1nc(-c2cccc(-c3cccc(Nc4nccc5c4c(=O)n(C)c(=O)n5C)c3Cl)c2Cl)cc2c1CCC2. The first-order valence-electron chi connectivity index (χ1n) is 16.0. The maximum Gasteiger partial charge on any atom is 0.330 e. The molecule has 0 radical (unpaired) electrons. The Bertz CT molecular complexity index is 2200. The second-order valence-corrected chi connectivity index (χ2v) is 12.8. The van der Waals surface area contributed by atoms with E-state index < -0.39 is 11.2 Å². The van der Waals surface area contributed by atoms with Gasteiger partial charge >= 0.3 is 5.69 Å². The Kier molecular flexibility index (Phi) is 10.0. The molecule has 3 aromatic heterocycles. The molecule has 254 valence electrons. The summed E-state index contributed by atoms with van der Waals surface area (Å²) in [5.74, 6) is 1.12. The zero-order valence-electron chi connectivity index (χ0n) is 27.7. The first-order valence-corrected chi connectivity index (χ1v) is 16.8. The summed E-state index contributed by atoms with van der Waals surface area (Å²) < 4.78 is 8.06. The van der Waals surface area contributed by atoms with Crippen LogP contribution in [0.1, 0.15) is 30.4 Å². The second-order valence-electron chi connectivity index (χ2n) is 12.1. The van der Waals surface area contributed by atoms with E-state index in [2.05, 4.69) is 27.0 Å². The molecule has 1 aliphatic carbocycles. The number of rotatable bonds is 7. The highest BCUT2D eigenvalue weighted by molar-refractivity contribution is 6.39. The van der Waals surface area contributed by atoms with Crippen LogP contribution in [0.15, 0.2) is 64.3 Å². The normalized spacial score (nSPS) is 15.1. The van der Waals surface area contributed by atoms with Crippen LogP contribution in [0.4, 0.5) is 11.5 Å². The number of ether oxygens (including phenoxy) is 1. The van der Waals surface area contributed by atoms with E-state index in [9.17, 15) is 14.4 Å². The molecule has 49 heavy (non-hydrogen) atoms. The fraction of sp³-hybridized carbons (Fsp3) is 0.306. The lowest BCUT2D eigenvalue weighted by molar-refractivity contribution is -0.119. The summed E-state index contributed by atoms with van der Waals surface area (Å²) in [6, 6.07) is 15.4. The molecule has 0 bridgehead atoms. The molecular formula is C36H37Cl2N7O4. The topological polar surface area (TPSA) is 132 Å². The molecule has 1 aliphatic heterocycles. The number of carbonyl (C=O) groups excluding carboxylic acids is 1. The van der Waals surface area contributed by atoms with Crippen molar-refractivity contribution in [3.63, 3.8) is 0 Å². The van der Waals surface area contributed by atoms with Crippen LogP contribution in [-0.2, 0) is 31.7 Å². The van der Waals surface area contributed by atoms with E-state index in [-0.39, 0.29) is 11.3 Å². The zero-order chi connectivity index (χ0) is 34.8. The Hall–Kier alpha value is -4.71. The van der Waals surface area contributed by atoms with Crippen molar-refractivity contribution in [3.05, 3.63) is 96.7 Å². The molecule has 1 unspecified atom stereocenters. The number of pyridine rings is 2. The number of hydrogen-bond acceptors (Lipinski definition) is 8. The number of methoxy groups -OCH3 is 1. The smallest absolute Gasteiger partial charge is 0.330 e. The molecule has 11 nitrogen and oxygen atoms in total. The first kappa shape index (κ1) is 34.2. The fourth-order valence-electron chi connectivity index (χ4n) is 6.45. The first-order chi connectivity index (χ1) is 23.6. The van der Waals surface area contributed by atoms with Crippen LogP contribution in [0.25, 0.3) is 33.3 Å². The van der Waals surface area contributed by atoms with Crippen molar-refractivity contribution < 1.29 is 9.53 Å². The van der Waals surface area contributed by atoms with Crippen molar-refractivity contribution >= 4 is 51.5 Å². The third-order valence-electron chi connectivity index (χ3n) is 8.98. The Morgan fingerprint density at radius 2 is 1.69 bits per heavy atom. The van der Waals surface area contributed by atoms with E-state index >= 15 is 0 Å². The molecule has 4 heterocycles. The molecule has 2 aliphatic rings. The zero-order valence-corrected chi connectivity index (χ0v) is 29.2. The number of likely N-dealkylation sites (N-methyl/N-ethyl adjacent to an activating group) is 1. The average Bonchev–Trinajstić information content (AvgIpc) is 3.76. The minimum Gasteiger partial charge on any atom is -0.481 e. The highest BCUT2D eigenvalue weighted by Crippen LogP contribution is 2.43. The number of benzene rings is 2. The van der Waals surface area contributed by atoms with Gasteiger partial charge in [-0.2, -0.15) is 0 Å². The van der Waals surface area contributed by atoms with Crippen molar-refractivity contribution in [3.8, 4) is 28.3 Å². The largest absolute Gasteiger partial charge is 0.481 e. The van der Waals surface area contributed by atoms with Crippen LogP contribution in [0.2, 0.25) is 10.0 Å². The molecule has 7 rings (SSSR count). The number of halogens is 2. The number of aromatic nitrogens is 4. The lowest BCUT2D eigenvalue weighted by Crippen LogP contribution is -2.37. The van der Waals surface area contributed by atoms with Crippen LogP contribution in [0.3, 0.4) is 0 Å². The molecule has 2 aromatic carbocycles. The minimum atomic E-state index is -0.450.